The van der Waals surface area contributed by atoms with Gasteiger partial charge in [0.2, 0.25) is 0 Å². The van der Waals surface area contributed by atoms with Crippen molar-refractivity contribution < 1.29 is 9.90 Å². The highest BCUT2D eigenvalue weighted by molar-refractivity contribution is 6.31. The molecule has 0 saturated heterocycles. The highest BCUT2D eigenvalue weighted by Gasteiger charge is 2.09. The molecule has 0 radical (unpaired) electrons. The molecule has 1 aromatic carbocycles. The van der Waals surface area contributed by atoms with Crippen LogP contribution in [-0.4, -0.2) is 20.9 Å². The van der Waals surface area contributed by atoms with Crippen molar-refractivity contribution in [3.63, 3.8) is 0 Å². The van der Waals surface area contributed by atoms with Gasteiger partial charge in [0.15, 0.2) is 0 Å². The Bertz CT molecular complexity index is 675. The van der Waals surface area contributed by atoms with Gasteiger partial charge in [0, 0.05) is 6.08 Å². The average molecular weight is 291 g/mol. The maximum atomic E-state index is 10.5. The first kappa shape index (κ1) is 14.3. The Morgan fingerprint density at radius 2 is 2.20 bits per heavy atom. The van der Waals surface area contributed by atoms with E-state index in [9.17, 15) is 4.79 Å². The van der Waals surface area contributed by atoms with Crippen molar-refractivity contribution in [3.8, 4) is 0 Å². The molecule has 20 heavy (non-hydrogen) atoms. The van der Waals surface area contributed by atoms with Gasteiger partial charge in [-0.15, -0.1) is 0 Å². The van der Waals surface area contributed by atoms with Gasteiger partial charge in [0.1, 0.15) is 0 Å². The fourth-order valence-corrected chi connectivity index (χ4v) is 2.10. The second kappa shape index (κ2) is 5.92. The van der Waals surface area contributed by atoms with Crippen LogP contribution in [0.2, 0.25) is 5.02 Å². The Hall–Kier alpha value is -2.07. The SMILES string of the molecule is Cc1nn(Cc2cccc(C=CC(=O)O)c2)c(C)c1Cl. The van der Waals surface area contributed by atoms with Gasteiger partial charge in [0.05, 0.1) is 23.0 Å². The number of carbonyl (C=O) groups is 1. The maximum absolute atomic E-state index is 10.5. The molecule has 0 spiro atoms. The summed E-state index contributed by atoms with van der Waals surface area (Å²) in [6.45, 7) is 4.41. The molecule has 0 fully saturated rings. The molecule has 0 bridgehead atoms. The number of halogens is 1. The zero-order valence-corrected chi connectivity index (χ0v) is 12.1. The Kier molecular flexibility index (Phi) is 4.25. The van der Waals surface area contributed by atoms with Gasteiger partial charge in [-0.2, -0.15) is 5.10 Å². The monoisotopic (exact) mass is 290 g/mol. The standard InChI is InChI=1S/C15H15ClN2O2/c1-10-15(16)11(2)18(17-10)9-13-5-3-4-12(8-13)6-7-14(19)20/h3-8H,9H2,1-2H3,(H,19,20). The highest BCUT2D eigenvalue weighted by atomic mass is 35.5. The van der Waals surface area contributed by atoms with Crippen LogP contribution in [0.1, 0.15) is 22.5 Å². The van der Waals surface area contributed by atoms with E-state index in [0.29, 0.717) is 11.6 Å². The molecule has 5 heteroatoms. The summed E-state index contributed by atoms with van der Waals surface area (Å²) in [5, 5.41) is 13.7. The molecule has 0 amide bonds. The number of aliphatic carboxylic acids is 1. The molecule has 0 aliphatic carbocycles. The van der Waals surface area contributed by atoms with Gasteiger partial charge in [0.25, 0.3) is 0 Å². The van der Waals surface area contributed by atoms with Crippen LogP contribution < -0.4 is 0 Å². The van der Waals surface area contributed by atoms with Crippen molar-refractivity contribution in [2.45, 2.75) is 20.4 Å². The van der Waals surface area contributed by atoms with E-state index in [1.807, 2.05) is 42.8 Å². The van der Waals surface area contributed by atoms with Crippen molar-refractivity contribution in [2.75, 3.05) is 0 Å². The van der Waals surface area contributed by atoms with E-state index >= 15 is 0 Å². The molecular formula is C15H15ClN2O2. The number of hydrogen-bond donors (Lipinski definition) is 1. The first-order valence-electron chi connectivity index (χ1n) is 6.17. The summed E-state index contributed by atoms with van der Waals surface area (Å²) in [6, 6.07) is 7.66. The molecule has 1 aromatic heterocycles. The van der Waals surface area contributed by atoms with Gasteiger partial charge in [-0.3, -0.25) is 4.68 Å². The quantitative estimate of drug-likeness (QED) is 0.879. The van der Waals surface area contributed by atoms with Gasteiger partial charge in [-0.1, -0.05) is 29.8 Å². The zero-order chi connectivity index (χ0) is 14.7. The molecule has 0 aliphatic rings. The van der Waals surface area contributed by atoms with Crippen molar-refractivity contribution >= 4 is 23.6 Å². The van der Waals surface area contributed by atoms with Gasteiger partial charge >= 0.3 is 5.97 Å². The third kappa shape index (κ3) is 3.27. The van der Waals surface area contributed by atoms with Gasteiger partial charge in [-0.25, -0.2) is 4.79 Å². The third-order valence-corrected chi connectivity index (χ3v) is 3.54. The van der Waals surface area contributed by atoms with Crippen LogP contribution in [0.3, 0.4) is 0 Å². The summed E-state index contributed by atoms with van der Waals surface area (Å²) in [5.74, 6) is -0.958. The zero-order valence-electron chi connectivity index (χ0n) is 11.3. The lowest BCUT2D eigenvalue weighted by Crippen LogP contribution is -2.04. The maximum Gasteiger partial charge on any atom is 0.328 e. The Balaban J connectivity index is 2.23. The molecule has 0 atom stereocenters. The first-order chi connectivity index (χ1) is 9.47. The van der Waals surface area contributed by atoms with E-state index in [4.69, 9.17) is 16.7 Å². The number of hydrogen-bond acceptors (Lipinski definition) is 2. The molecule has 2 aromatic rings. The summed E-state index contributed by atoms with van der Waals surface area (Å²) in [6.07, 6.45) is 2.69. The summed E-state index contributed by atoms with van der Waals surface area (Å²) < 4.78 is 1.84. The fourth-order valence-electron chi connectivity index (χ4n) is 1.96. The minimum absolute atomic E-state index is 0.605. The largest absolute Gasteiger partial charge is 0.478 e. The average Bonchev–Trinajstić information content (AvgIpc) is 2.65. The minimum Gasteiger partial charge on any atom is -0.478 e. The smallest absolute Gasteiger partial charge is 0.328 e. The molecule has 2 rings (SSSR count). The van der Waals surface area contributed by atoms with Crippen LogP contribution in [-0.2, 0) is 11.3 Å². The lowest BCUT2D eigenvalue weighted by Gasteiger charge is -2.05. The number of rotatable bonds is 4. The lowest BCUT2D eigenvalue weighted by molar-refractivity contribution is -0.131. The first-order valence-corrected chi connectivity index (χ1v) is 6.54. The third-order valence-electron chi connectivity index (χ3n) is 2.99. The van der Waals surface area contributed by atoms with Crippen LogP contribution in [0, 0.1) is 13.8 Å². The van der Waals surface area contributed by atoms with E-state index < -0.39 is 5.97 Å². The predicted octanol–water partition coefficient (Wildman–Crippen LogP) is 3.30. The predicted molar refractivity (Wildman–Crippen MR) is 78.9 cm³/mol. The summed E-state index contributed by atoms with van der Waals surface area (Å²) >= 11 is 6.12. The second-order valence-electron chi connectivity index (χ2n) is 4.56. The van der Waals surface area contributed by atoms with E-state index in [2.05, 4.69) is 5.10 Å². The number of aromatic nitrogens is 2. The summed E-state index contributed by atoms with van der Waals surface area (Å²) in [4.78, 5) is 10.5. The number of benzene rings is 1. The molecule has 1 heterocycles. The normalized spacial score (nSPS) is 11.2. The van der Waals surface area contributed by atoms with Crippen LogP contribution in [0.15, 0.2) is 30.3 Å². The fraction of sp³-hybridized carbons (Fsp3) is 0.200. The topological polar surface area (TPSA) is 55.1 Å². The number of aryl methyl sites for hydroxylation is 1. The molecule has 0 saturated carbocycles. The van der Waals surface area contributed by atoms with Crippen molar-refractivity contribution in [1.82, 2.24) is 9.78 Å². The molecule has 4 nitrogen and oxygen atoms in total. The van der Waals surface area contributed by atoms with Crippen molar-refractivity contribution in [1.29, 1.82) is 0 Å². The van der Waals surface area contributed by atoms with Gasteiger partial charge in [-0.05, 0) is 37.1 Å². The molecular weight excluding hydrogens is 276 g/mol. The van der Waals surface area contributed by atoms with E-state index in [0.717, 1.165) is 28.6 Å². The molecule has 104 valence electrons. The number of carboxylic acids is 1. The van der Waals surface area contributed by atoms with E-state index in [1.165, 1.54) is 0 Å². The second-order valence-corrected chi connectivity index (χ2v) is 4.94. The molecule has 1 N–H and O–H groups in total. The summed E-state index contributed by atoms with van der Waals surface area (Å²) in [7, 11) is 0. The highest BCUT2D eigenvalue weighted by Crippen LogP contribution is 2.20. The Labute approximate surface area is 122 Å². The lowest BCUT2D eigenvalue weighted by atomic mass is 10.1. The van der Waals surface area contributed by atoms with Crippen LogP contribution >= 0.6 is 11.6 Å². The van der Waals surface area contributed by atoms with Gasteiger partial charge < -0.3 is 5.11 Å². The number of nitrogens with zero attached hydrogens (tertiary/aromatic N) is 2. The molecule has 0 unspecified atom stereocenters. The molecule has 0 aliphatic heterocycles. The van der Waals surface area contributed by atoms with Crippen molar-refractivity contribution in [3.05, 3.63) is 57.9 Å². The number of carboxylic acid groups (broad SMARTS) is 1. The van der Waals surface area contributed by atoms with Crippen LogP contribution in [0.4, 0.5) is 0 Å². The van der Waals surface area contributed by atoms with E-state index in [-0.39, 0.29) is 0 Å². The van der Waals surface area contributed by atoms with Crippen LogP contribution in [0.5, 0.6) is 0 Å². The van der Waals surface area contributed by atoms with Crippen molar-refractivity contribution in [2.24, 2.45) is 0 Å². The summed E-state index contributed by atoms with van der Waals surface area (Å²) in [5.41, 5.74) is 3.62. The minimum atomic E-state index is -0.958. The van der Waals surface area contributed by atoms with E-state index in [1.54, 1.807) is 6.08 Å². The Morgan fingerprint density at radius 1 is 1.45 bits per heavy atom. The van der Waals surface area contributed by atoms with Crippen LogP contribution in [0.25, 0.3) is 6.08 Å². The Morgan fingerprint density at radius 3 is 2.80 bits per heavy atom.